The Morgan fingerprint density at radius 2 is 1.57 bits per heavy atom. The molecule has 30 heavy (non-hydrogen) atoms. The Labute approximate surface area is 175 Å². The molecule has 0 fully saturated rings. The number of nitrogens with one attached hydrogen (secondary N) is 2. The zero-order chi connectivity index (χ0) is 21.1. The molecule has 0 aliphatic rings. The highest BCUT2D eigenvalue weighted by molar-refractivity contribution is 7.92. The van der Waals surface area contributed by atoms with Crippen LogP contribution in [-0.4, -0.2) is 28.2 Å². The van der Waals surface area contributed by atoms with Gasteiger partial charge in [0.1, 0.15) is 0 Å². The van der Waals surface area contributed by atoms with Gasteiger partial charge in [0.05, 0.1) is 21.6 Å². The zero-order valence-corrected chi connectivity index (χ0v) is 17.5. The van der Waals surface area contributed by atoms with Gasteiger partial charge in [-0.25, -0.2) is 18.4 Å². The van der Waals surface area contributed by atoms with Crippen LogP contribution in [0.1, 0.15) is 18.2 Å². The lowest BCUT2D eigenvalue weighted by Gasteiger charge is -2.14. The van der Waals surface area contributed by atoms with Crippen LogP contribution in [0.5, 0.6) is 0 Å². The molecule has 4 rings (SSSR count). The highest BCUT2D eigenvalue weighted by atomic mass is 32.2. The number of benzene rings is 2. The van der Waals surface area contributed by atoms with Crippen LogP contribution in [0.25, 0.3) is 11.0 Å². The molecular formula is C21H22N6O2S. The van der Waals surface area contributed by atoms with Crippen LogP contribution in [0.15, 0.2) is 65.7 Å². The number of hydrogen-bond donors (Lipinski definition) is 2. The highest BCUT2D eigenvalue weighted by Crippen LogP contribution is 2.25. The molecule has 0 unspecified atom stereocenters. The number of rotatable bonds is 7. The maximum atomic E-state index is 12.8. The maximum absolute atomic E-state index is 12.8. The first kappa shape index (κ1) is 19.8. The summed E-state index contributed by atoms with van der Waals surface area (Å²) < 4.78 is 30.0. The Morgan fingerprint density at radius 3 is 2.23 bits per heavy atom. The van der Waals surface area contributed by atoms with E-state index in [-0.39, 0.29) is 10.7 Å². The summed E-state index contributed by atoms with van der Waals surface area (Å²) in [5.74, 6) is 0.513. The van der Waals surface area contributed by atoms with Crippen molar-refractivity contribution in [1.82, 2.24) is 19.7 Å². The third-order valence-electron chi connectivity index (χ3n) is 4.63. The van der Waals surface area contributed by atoms with Gasteiger partial charge in [-0.1, -0.05) is 37.3 Å². The monoisotopic (exact) mass is 422 g/mol. The zero-order valence-electron chi connectivity index (χ0n) is 16.7. The predicted octanol–water partition coefficient (Wildman–Crippen LogP) is 3.34. The molecular weight excluding hydrogens is 400 g/mol. The summed E-state index contributed by atoms with van der Waals surface area (Å²) in [6.07, 6.45) is 2.74. The minimum absolute atomic E-state index is 0.152. The van der Waals surface area contributed by atoms with E-state index in [4.69, 9.17) is 0 Å². The van der Waals surface area contributed by atoms with E-state index in [9.17, 15) is 8.42 Å². The fourth-order valence-electron chi connectivity index (χ4n) is 3.19. The molecule has 0 aliphatic carbocycles. The highest BCUT2D eigenvalue weighted by Gasteiger charge is 2.19. The van der Waals surface area contributed by atoms with Crippen molar-refractivity contribution < 1.29 is 8.42 Å². The third-order valence-corrected chi connectivity index (χ3v) is 5.98. The van der Waals surface area contributed by atoms with Crippen molar-refractivity contribution in [3.05, 3.63) is 72.1 Å². The van der Waals surface area contributed by atoms with Crippen molar-refractivity contribution in [3.63, 3.8) is 0 Å². The SMILES string of the molecule is CCc1nn(C)cc1CNc1nc2ccccc2nc1NS(=O)(=O)c1ccccc1. The molecule has 0 radical (unpaired) electrons. The predicted molar refractivity (Wildman–Crippen MR) is 117 cm³/mol. The lowest BCUT2D eigenvalue weighted by Crippen LogP contribution is -2.16. The second-order valence-electron chi connectivity index (χ2n) is 6.81. The molecule has 2 aromatic carbocycles. The van der Waals surface area contributed by atoms with Crippen LogP contribution in [0, 0.1) is 0 Å². The van der Waals surface area contributed by atoms with Crippen LogP contribution in [-0.2, 0) is 30.0 Å². The van der Waals surface area contributed by atoms with Gasteiger partial charge < -0.3 is 5.32 Å². The van der Waals surface area contributed by atoms with Crippen molar-refractivity contribution in [2.45, 2.75) is 24.8 Å². The van der Waals surface area contributed by atoms with Crippen LogP contribution >= 0.6 is 0 Å². The molecule has 0 saturated heterocycles. The van der Waals surface area contributed by atoms with E-state index in [0.29, 0.717) is 23.4 Å². The average Bonchev–Trinajstić information content (AvgIpc) is 3.12. The minimum Gasteiger partial charge on any atom is -0.363 e. The number of fused-ring (bicyclic) bond motifs is 1. The number of aryl methyl sites for hydroxylation is 2. The third kappa shape index (κ3) is 4.11. The van der Waals surface area contributed by atoms with E-state index in [1.54, 1.807) is 28.9 Å². The van der Waals surface area contributed by atoms with Crippen LogP contribution in [0.2, 0.25) is 0 Å². The van der Waals surface area contributed by atoms with E-state index in [2.05, 4.69) is 25.1 Å². The van der Waals surface area contributed by atoms with Crippen molar-refractivity contribution >= 4 is 32.7 Å². The van der Waals surface area contributed by atoms with Crippen molar-refractivity contribution in [2.24, 2.45) is 7.05 Å². The van der Waals surface area contributed by atoms with E-state index < -0.39 is 10.0 Å². The number of aromatic nitrogens is 4. The van der Waals surface area contributed by atoms with Crippen molar-refractivity contribution in [1.29, 1.82) is 0 Å². The van der Waals surface area contributed by atoms with E-state index >= 15 is 0 Å². The minimum atomic E-state index is -3.81. The largest absolute Gasteiger partial charge is 0.363 e. The van der Waals surface area contributed by atoms with Gasteiger partial charge in [0.2, 0.25) is 0 Å². The quantitative estimate of drug-likeness (QED) is 0.474. The van der Waals surface area contributed by atoms with Gasteiger partial charge in [0.25, 0.3) is 10.0 Å². The molecule has 8 nitrogen and oxygen atoms in total. The Hall–Kier alpha value is -3.46. The number of hydrogen-bond acceptors (Lipinski definition) is 6. The molecule has 0 bridgehead atoms. The molecule has 4 aromatic rings. The van der Waals surface area contributed by atoms with Gasteiger partial charge in [0, 0.05) is 25.4 Å². The molecule has 0 atom stereocenters. The van der Waals surface area contributed by atoms with Gasteiger partial charge in [-0.3, -0.25) is 9.40 Å². The number of anilines is 2. The fraction of sp³-hybridized carbons (Fsp3) is 0.190. The Morgan fingerprint density at radius 1 is 0.933 bits per heavy atom. The first-order valence-corrected chi connectivity index (χ1v) is 11.0. The van der Waals surface area contributed by atoms with E-state index in [1.807, 2.05) is 38.4 Å². The van der Waals surface area contributed by atoms with Gasteiger partial charge in [-0.05, 0) is 30.7 Å². The van der Waals surface area contributed by atoms with E-state index in [0.717, 1.165) is 17.7 Å². The number of nitrogens with zero attached hydrogens (tertiary/aromatic N) is 4. The van der Waals surface area contributed by atoms with Gasteiger partial charge in [-0.15, -0.1) is 0 Å². The summed E-state index contributed by atoms with van der Waals surface area (Å²) in [4.78, 5) is 9.27. The summed E-state index contributed by atoms with van der Waals surface area (Å²) in [5.41, 5.74) is 3.27. The summed E-state index contributed by atoms with van der Waals surface area (Å²) >= 11 is 0. The van der Waals surface area contributed by atoms with Crippen LogP contribution in [0.3, 0.4) is 0 Å². The summed E-state index contributed by atoms with van der Waals surface area (Å²) in [7, 11) is -1.93. The first-order valence-electron chi connectivity index (χ1n) is 9.56. The molecule has 0 amide bonds. The normalized spacial score (nSPS) is 11.5. The summed E-state index contributed by atoms with van der Waals surface area (Å²) in [6.45, 7) is 2.49. The van der Waals surface area contributed by atoms with Crippen LogP contribution in [0.4, 0.5) is 11.6 Å². The van der Waals surface area contributed by atoms with E-state index in [1.165, 1.54) is 12.1 Å². The standard InChI is InChI=1S/C21H22N6O2S/c1-3-17-15(14-27(2)25-17)13-22-20-21(24-19-12-8-7-11-18(19)23-20)26-30(28,29)16-9-5-4-6-10-16/h4-12,14H,3,13H2,1-2H3,(H,22,23)(H,24,26). The molecule has 0 spiro atoms. The Balaban J connectivity index is 1.70. The van der Waals surface area contributed by atoms with Crippen molar-refractivity contribution in [3.8, 4) is 0 Å². The topological polar surface area (TPSA) is 102 Å². The molecule has 0 aliphatic heterocycles. The fourth-order valence-corrected chi connectivity index (χ4v) is 4.22. The summed E-state index contributed by atoms with van der Waals surface area (Å²) in [6, 6.07) is 15.5. The maximum Gasteiger partial charge on any atom is 0.263 e. The first-order chi connectivity index (χ1) is 14.5. The Kier molecular flexibility index (Phi) is 5.37. The number of para-hydroxylation sites is 2. The smallest absolute Gasteiger partial charge is 0.263 e. The summed E-state index contributed by atoms with van der Waals surface area (Å²) in [5, 5.41) is 7.67. The van der Waals surface area contributed by atoms with Gasteiger partial charge in [-0.2, -0.15) is 5.10 Å². The lowest BCUT2D eigenvalue weighted by molar-refractivity contribution is 0.601. The molecule has 9 heteroatoms. The second kappa shape index (κ2) is 8.11. The Bertz CT molecular complexity index is 1290. The molecule has 154 valence electrons. The lowest BCUT2D eigenvalue weighted by atomic mass is 10.2. The molecule has 0 saturated carbocycles. The average molecular weight is 423 g/mol. The van der Waals surface area contributed by atoms with Gasteiger partial charge in [0.15, 0.2) is 11.6 Å². The molecule has 2 aromatic heterocycles. The second-order valence-corrected chi connectivity index (χ2v) is 8.49. The van der Waals surface area contributed by atoms with Gasteiger partial charge >= 0.3 is 0 Å². The van der Waals surface area contributed by atoms with Crippen LogP contribution < -0.4 is 10.0 Å². The number of sulfonamides is 1. The molecule has 2 heterocycles. The molecule has 2 N–H and O–H groups in total. The van der Waals surface area contributed by atoms with Crippen molar-refractivity contribution in [2.75, 3.05) is 10.0 Å².